The van der Waals surface area contributed by atoms with E-state index in [1.165, 1.54) is 6.42 Å². The third-order valence-electron chi connectivity index (χ3n) is 2.20. The Bertz CT molecular complexity index is 157. The maximum absolute atomic E-state index is 10.5. The van der Waals surface area contributed by atoms with Crippen LogP contribution in [0.5, 0.6) is 0 Å². The first kappa shape index (κ1) is 9.48. The van der Waals surface area contributed by atoms with Crippen molar-refractivity contribution in [1.82, 2.24) is 0 Å². The van der Waals surface area contributed by atoms with Crippen molar-refractivity contribution in [3.05, 3.63) is 0 Å². The van der Waals surface area contributed by atoms with Gasteiger partial charge in [0.1, 0.15) is 0 Å². The van der Waals surface area contributed by atoms with Crippen molar-refractivity contribution in [2.45, 2.75) is 37.8 Å². The monoisotopic (exact) mass is 172 g/mol. The lowest BCUT2D eigenvalue weighted by atomic mass is 9.96. The van der Waals surface area contributed by atoms with Crippen LogP contribution in [0, 0.1) is 0 Å². The number of hydrogen-bond acceptors (Lipinski definition) is 3. The molecule has 4 nitrogen and oxygen atoms in total. The van der Waals surface area contributed by atoms with Crippen LogP contribution in [-0.2, 0) is 9.53 Å². The van der Waals surface area contributed by atoms with Crippen molar-refractivity contribution in [3.63, 3.8) is 0 Å². The van der Waals surface area contributed by atoms with E-state index in [4.69, 9.17) is 16.2 Å². The van der Waals surface area contributed by atoms with Crippen molar-refractivity contribution >= 4 is 5.91 Å². The number of rotatable bonds is 5. The van der Waals surface area contributed by atoms with E-state index >= 15 is 0 Å². The van der Waals surface area contributed by atoms with Gasteiger partial charge in [-0.05, 0) is 25.7 Å². The molecular weight excluding hydrogens is 156 g/mol. The van der Waals surface area contributed by atoms with Crippen LogP contribution < -0.4 is 11.5 Å². The maximum Gasteiger partial charge on any atom is 0.234 e. The number of carbonyl (C=O) groups is 1. The number of hydrogen-bond donors (Lipinski definition) is 2. The zero-order valence-electron chi connectivity index (χ0n) is 7.16. The molecule has 1 amide bonds. The highest BCUT2D eigenvalue weighted by molar-refractivity contribution is 5.79. The van der Waals surface area contributed by atoms with Gasteiger partial charge in [-0.3, -0.25) is 4.79 Å². The highest BCUT2D eigenvalue weighted by Gasteiger charge is 2.18. The van der Waals surface area contributed by atoms with Crippen LogP contribution in [0.25, 0.3) is 0 Å². The molecule has 70 valence electrons. The molecule has 0 aromatic rings. The Morgan fingerprint density at radius 3 is 2.67 bits per heavy atom. The van der Waals surface area contributed by atoms with Gasteiger partial charge >= 0.3 is 0 Å². The second-order valence-corrected chi connectivity index (χ2v) is 3.22. The van der Waals surface area contributed by atoms with Gasteiger partial charge in [-0.2, -0.15) is 0 Å². The predicted octanol–water partition coefficient (Wildman–Crippen LogP) is -0.242. The average Bonchev–Trinajstić information content (AvgIpc) is 1.93. The summed E-state index contributed by atoms with van der Waals surface area (Å²) in [5, 5.41) is 0. The normalized spacial score (nSPS) is 20.1. The van der Waals surface area contributed by atoms with Gasteiger partial charge < -0.3 is 16.2 Å². The molecular formula is C8H16N2O2. The lowest BCUT2D eigenvalue weighted by Crippen LogP contribution is -2.37. The Morgan fingerprint density at radius 1 is 1.58 bits per heavy atom. The van der Waals surface area contributed by atoms with Gasteiger partial charge in [-0.1, -0.05) is 0 Å². The van der Waals surface area contributed by atoms with Gasteiger partial charge in [-0.25, -0.2) is 0 Å². The maximum atomic E-state index is 10.5. The topological polar surface area (TPSA) is 78.3 Å². The molecule has 0 bridgehead atoms. The minimum absolute atomic E-state index is 0.407. The Hall–Kier alpha value is -0.610. The smallest absolute Gasteiger partial charge is 0.234 e. The number of carbonyl (C=O) groups excluding carboxylic acids is 1. The van der Waals surface area contributed by atoms with Gasteiger partial charge in [0.15, 0.2) is 0 Å². The van der Waals surface area contributed by atoms with E-state index in [1.807, 2.05) is 0 Å². The molecule has 1 rings (SSSR count). The summed E-state index contributed by atoms with van der Waals surface area (Å²) in [6, 6.07) is -0.551. The van der Waals surface area contributed by atoms with Crippen LogP contribution in [0.4, 0.5) is 0 Å². The molecule has 1 aliphatic carbocycles. The molecule has 0 aliphatic heterocycles. The molecule has 0 saturated heterocycles. The summed E-state index contributed by atoms with van der Waals surface area (Å²) in [7, 11) is 0. The molecule has 0 spiro atoms. The van der Waals surface area contributed by atoms with Gasteiger partial charge in [0, 0.05) is 6.61 Å². The molecule has 1 atom stereocenters. The Kier molecular flexibility index (Phi) is 3.49. The first-order valence-electron chi connectivity index (χ1n) is 4.36. The van der Waals surface area contributed by atoms with Crippen LogP contribution in [-0.4, -0.2) is 24.7 Å². The number of nitrogens with two attached hydrogens (primary N) is 2. The molecule has 0 radical (unpaired) electrons. The standard InChI is InChI=1S/C8H16N2O2/c9-7(8(10)11)4-5-12-6-2-1-3-6/h6-7H,1-5,9H2,(H2,10,11). The predicted molar refractivity (Wildman–Crippen MR) is 45.4 cm³/mol. The SMILES string of the molecule is NC(=O)C(N)CCOC1CCC1. The van der Waals surface area contributed by atoms with Crippen molar-refractivity contribution in [1.29, 1.82) is 0 Å². The van der Waals surface area contributed by atoms with Crippen LogP contribution in [0.1, 0.15) is 25.7 Å². The first-order chi connectivity index (χ1) is 5.70. The average molecular weight is 172 g/mol. The van der Waals surface area contributed by atoms with E-state index in [-0.39, 0.29) is 0 Å². The molecule has 4 heteroatoms. The first-order valence-corrected chi connectivity index (χ1v) is 4.36. The van der Waals surface area contributed by atoms with Crippen LogP contribution in [0.2, 0.25) is 0 Å². The third-order valence-corrected chi connectivity index (χ3v) is 2.20. The largest absolute Gasteiger partial charge is 0.378 e. The summed E-state index contributed by atoms with van der Waals surface area (Å²) in [5.41, 5.74) is 10.4. The van der Waals surface area contributed by atoms with Crippen LogP contribution >= 0.6 is 0 Å². The fourth-order valence-corrected chi connectivity index (χ4v) is 1.04. The molecule has 0 aromatic heterocycles. The Balaban J connectivity index is 1.97. The van der Waals surface area contributed by atoms with Crippen molar-refractivity contribution < 1.29 is 9.53 Å². The van der Waals surface area contributed by atoms with Gasteiger partial charge in [0.2, 0.25) is 5.91 Å². The quantitative estimate of drug-likeness (QED) is 0.600. The van der Waals surface area contributed by atoms with E-state index in [0.29, 0.717) is 19.1 Å². The van der Waals surface area contributed by atoms with E-state index in [2.05, 4.69) is 0 Å². The lowest BCUT2D eigenvalue weighted by Gasteiger charge is -2.25. The molecule has 1 aliphatic rings. The molecule has 12 heavy (non-hydrogen) atoms. The van der Waals surface area contributed by atoms with Crippen LogP contribution in [0.3, 0.4) is 0 Å². The van der Waals surface area contributed by atoms with Crippen molar-refractivity contribution in [2.75, 3.05) is 6.61 Å². The molecule has 0 heterocycles. The summed E-state index contributed by atoms with van der Waals surface area (Å²) in [5.74, 6) is -0.452. The molecule has 1 fully saturated rings. The minimum atomic E-state index is -0.551. The minimum Gasteiger partial charge on any atom is -0.378 e. The number of ether oxygens (including phenoxy) is 1. The van der Waals surface area contributed by atoms with E-state index in [0.717, 1.165) is 12.8 Å². The summed E-state index contributed by atoms with van der Waals surface area (Å²) in [6.07, 6.45) is 4.49. The summed E-state index contributed by atoms with van der Waals surface area (Å²) < 4.78 is 5.41. The second kappa shape index (κ2) is 4.42. The number of amides is 1. The van der Waals surface area contributed by atoms with Crippen molar-refractivity contribution in [2.24, 2.45) is 11.5 Å². The molecule has 1 saturated carbocycles. The van der Waals surface area contributed by atoms with E-state index < -0.39 is 11.9 Å². The third kappa shape index (κ3) is 2.79. The Labute approximate surface area is 72.2 Å². The summed E-state index contributed by atoms with van der Waals surface area (Å²) in [4.78, 5) is 10.5. The van der Waals surface area contributed by atoms with E-state index in [9.17, 15) is 4.79 Å². The van der Waals surface area contributed by atoms with Gasteiger partial charge in [-0.15, -0.1) is 0 Å². The van der Waals surface area contributed by atoms with E-state index in [1.54, 1.807) is 0 Å². The fraction of sp³-hybridized carbons (Fsp3) is 0.875. The molecule has 0 aromatic carbocycles. The second-order valence-electron chi connectivity index (χ2n) is 3.22. The highest BCUT2D eigenvalue weighted by Crippen LogP contribution is 2.21. The number of primary amides is 1. The van der Waals surface area contributed by atoms with Gasteiger partial charge in [0.25, 0.3) is 0 Å². The zero-order chi connectivity index (χ0) is 8.97. The van der Waals surface area contributed by atoms with Gasteiger partial charge in [0.05, 0.1) is 12.1 Å². The molecule has 4 N–H and O–H groups in total. The molecule has 1 unspecified atom stereocenters. The fourth-order valence-electron chi connectivity index (χ4n) is 1.04. The Morgan fingerprint density at radius 2 is 2.25 bits per heavy atom. The summed E-state index contributed by atoms with van der Waals surface area (Å²) in [6.45, 7) is 0.550. The zero-order valence-corrected chi connectivity index (χ0v) is 7.16. The van der Waals surface area contributed by atoms with Crippen LogP contribution in [0.15, 0.2) is 0 Å². The van der Waals surface area contributed by atoms with Crippen molar-refractivity contribution in [3.8, 4) is 0 Å². The summed E-state index contributed by atoms with van der Waals surface area (Å²) >= 11 is 0. The lowest BCUT2D eigenvalue weighted by molar-refractivity contribution is -0.119. The highest BCUT2D eigenvalue weighted by atomic mass is 16.5.